The van der Waals surface area contributed by atoms with Crippen molar-refractivity contribution in [1.29, 1.82) is 0 Å². The number of amides is 2. The minimum absolute atomic E-state index is 0.00831. The molecule has 2 aromatic carbocycles. The maximum Gasteiger partial charge on any atom is 0.273 e. The fourth-order valence-electron chi connectivity index (χ4n) is 2.82. The number of pyridine rings is 1. The van der Waals surface area contributed by atoms with E-state index in [1.165, 1.54) is 18.3 Å². The number of nitrogens with one attached hydrogen (secondary N) is 4. The molecule has 154 valence electrons. The van der Waals surface area contributed by atoms with Crippen LogP contribution in [0.4, 0.5) is 21.6 Å². The summed E-state index contributed by atoms with van der Waals surface area (Å²) in [5, 5.41) is 5.93. The second-order valence-electron chi connectivity index (χ2n) is 6.71. The van der Waals surface area contributed by atoms with E-state index in [2.05, 4.69) is 26.5 Å². The van der Waals surface area contributed by atoms with Gasteiger partial charge in [0.15, 0.2) is 0 Å². The monoisotopic (exact) mass is 407 g/mol. The van der Waals surface area contributed by atoms with Crippen molar-refractivity contribution in [1.82, 2.24) is 15.8 Å². The molecule has 4 N–H and O–H groups in total. The first kappa shape index (κ1) is 20.8. The fourth-order valence-corrected chi connectivity index (χ4v) is 2.82. The van der Waals surface area contributed by atoms with Gasteiger partial charge in [-0.15, -0.1) is 0 Å². The van der Waals surface area contributed by atoms with Crippen molar-refractivity contribution in [3.8, 4) is 0 Å². The Bertz CT molecular complexity index is 1070. The van der Waals surface area contributed by atoms with Gasteiger partial charge in [-0.25, -0.2) is 9.37 Å². The number of hydrogen-bond donors (Lipinski definition) is 4. The zero-order chi connectivity index (χ0) is 21.5. The molecule has 0 aliphatic heterocycles. The Labute approximate surface area is 173 Å². The van der Waals surface area contributed by atoms with Crippen LogP contribution in [0.2, 0.25) is 0 Å². The number of aryl methyl sites for hydroxylation is 2. The molecule has 0 atom stereocenters. The largest absolute Gasteiger partial charge is 0.376 e. The molecule has 0 unspecified atom stereocenters. The van der Waals surface area contributed by atoms with Crippen LogP contribution in [0.25, 0.3) is 0 Å². The molecule has 0 saturated carbocycles. The van der Waals surface area contributed by atoms with Crippen molar-refractivity contribution in [2.45, 2.75) is 13.8 Å². The molecule has 1 aromatic heterocycles. The molecule has 0 aliphatic rings. The van der Waals surface area contributed by atoms with E-state index in [1.807, 2.05) is 32.0 Å². The molecule has 0 radical (unpaired) electrons. The molecule has 3 rings (SSSR count). The number of rotatable bonds is 6. The van der Waals surface area contributed by atoms with E-state index < -0.39 is 17.6 Å². The third-order valence-electron chi connectivity index (χ3n) is 4.28. The van der Waals surface area contributed by atoms with Crippen molar-refractivity contribution in [2.24, 2.45) is 0 Å². The standard InChI is InChI=1S/C22H22FN5O2/c1-14-8-9-19(15(2)11-14)25-13-20(29)27-28-22(30)18-7-4-10-24-21(18)26-17-6-3-5-16(23)12-17/h3-12,25H,13H2,1-2H3,(H,24,26)(H,27,29)(H,28,30). The Morgan fingerprint density at radius 3 is 2.60 bits per heavy atom. The average molecular weight is 407 g/mol. The van der Waals surface area contributed by atoms with Crippen LogP contribution in [0.5, 0.6) is 0 Å². The molecule has 3 aromatic rings. The summed E-state index contributed by atoms with van der Waals surface area (Å²) in [7, 11) is 0. The van der Waals surface area contributed by atoms with Crippen LogP contribution in [-0.4, -0.2) is 23.3 Å². The lowest BCUT2D eigenvalue weighted by molar-refractivity contribution is -0.120. The summed E-state index contributed by atoms with van der Waals surface area (Å²) in [6.07, 6.45) is 1.50. The molecule has 8 heteroatoms. The summed E-state index contributed by atoms with van der Waals surface area (Å²) < 4.78 is 13.4. The first-order valence-corrected chi connectivity index (χ1v) is 9.30. The first-order chi connectivity index (χ1) is 14.4. The van der Waals surface area contributed by atoms with Gasteiger partial charge in [-0.2, -0.15) is 0 Å². The molecule has 7 nitrogen and oxygen atoms in total. The normalized spacial score (nSPS) is 10.2. The van der Waals surface area contributed by atoms with Crippen molar-refractivity contribution in [3.05, 3.63) is 83.3 Å². The summed E-state index contributed by atoms with van der Waals surface area (Å²) in [5.41, 5.74) is 8.38. The summed E-state index contributed by atoms with van der Waals surface area (Å²) in [5.74, 6) is -1.14. The van der Waals surface area contributed by atoms with E-state index in [9.17, 15) is 14.0 Å². The number of hydrazine groups is 1. The second kappa shape index (κ2) is 9.51. The van der Waals surface area contributed by atoms with E-state index in [0.717, 1.165) is 16.8 Å². The lowest BCUT2D eigenvalue weighted by Gasteiger charge is -2.13. The molecule has 0 spiro atoms. The number of hydrogen-bond acceptors (Lipinski definition) is 5. The average Bonchev–Trinajstić information content (AvgIpc) is 2.72. The van der Waals surface area contributed by atoms with Gasteiger partial charge in [0.1, 0.15) is 11.6 Å². The zero-order valence-electron chi connectivity index (χ0n) is 16.6. The van der Waals surface area contributed by atoms with Crippen LogP contribution in [-0.2, 0) is 4.79 Å². The lowest BCUT2D eigenvalue weighted by Crippen LogP contribution is -2.44. The predicted octanol–water partition coefficient (Wildman–Crippen LogP) is 3.45. The minimum Gasteiger partial charge on any atom is -0.376 e. The smallest absolute Gasteiger partial charge is 0.273 e. The Morgan fingerprint density at radius 1 is 1.00 bits per heavy atom. The van der Waals surface area contributed by atoms with Gasteiger partial charge in [0.05, 0.1) is 12.1 Å². The molecule has 0 aliphatic carbocycles. The Balaban J connectivity index is 1.57. The maximum atomic E-state index is 13.4. The number of aromatic nitrogens is 1. The van der Waals surface area contributed by atoms with Crippen molar-refractivity contribution in [2.75, 3.05) is 17.2 Å². The molecule has 0 saturated heterocycles. The van der Waals surface area contributed by atoms with Gasteiger partial charge in [-0.05, 0) is 55.8 Å². The number of halogens is 1. The molecular formula is C22H22FN5O2. The van der Waals surface area contributed by atoms with Crippen molar-refractivity contribution < 1.29 is 14.0 Å². The topological polar surface area (TPSA) is 95.2 Å². The minimum atomic E-state index is -0.554. The molecule has 1 heterocycles. The highest BCUT2D eigenvalue weighted by atomic mass is 19.1. The Morgan fingerprint density at radius 2 is 1.83 bits per heavy atom. The molecule has 30 heavy (non-hydrogen) atoms. The van der Waals surface area contributed by atoms with Crippen LogP contribution in [0.15, 0.2) is 60.8 Å². The van der Waals surface area contributed by atoms with Crippen LogP contribution >= 0.6 is 0 Å². The first-order valence-electron chi connectivity index (χ1n) is 9.30. The van der Waals surface area contributed by atoms with Crippen molar-refractivity contribution >= 4 is 29.0 Å². The second-order valence-corrected chi connectivity index (χ2v) is 6.71. The van der Waals surface area contributed by atoms with E-state index in [-0.39, 0.29) is 17.9 Å². The lowest BCUT2D eigenvalue weighted by atomic mass is 10.1. The molecule has 0 fully saturated rings. The highest BCUT2D eigenvalue weighted by Gasteiger charge is 2.14. The quantitative estimate of drug-likeness (QED) is 0.470. The van der Waals surface area contributed by atoms with Gasteiger partial charge in [0, 0.05) is 17.6 Å². The number of anilines is 3. The summed E-state index contributed by atoms with van der Waals surface area (Å²) in [6, 6.07) is 14.8. The van der Waals surface area contributed by atoms with Crippen LogP contribution in [0.3, 0.4) is 0 Å². The number of nitrogens with zero attached hydrogens (tertiary/aromatic N) is 1. The fraction of sp³-hybridized carbons (Fsp3) is 0.136. The number of carbonyl (C=O) groups is 2. The highest BCUT2D eigenvalue weighted by Crippen LogP contribution is 2.19. The maximum absolute atomic E-state index is 13.4. The SMILES string of the molecule is Cc1ccc(NCC(=O)NNC(=O)c2cccnc2Nc2cccc(F)c2)c(C)c1. The van der Waals surface area contributed by atoms with E-state index in [0.29, 0.717) is 5.69 Å². The van der Waals surface area contributed by atoms with Gasteiger partial charge >= 0.3 is 0 Å². The Hall–Kier alpha value is -3.94. The summed E-state index contributed by atoms with van der Waals surface area (Å²) in [4.78, 5) is 28.7. The van der Waals surface area contributed by atoms with E-state index in [4.69, 9.17) is 0 Å². The molecule has 2 amide bonds. The summed E-state index contributed by atoms with van der Waals surface area (Å²) in [6.45, 7) is 3.94. The van der Waals surface area contributed by atoms with E-state index in [1.54, 1.807) is 24.3 Å². The van der Waals surface area contributed by atoms with Gasteiger partial charge in [-0.3, -0.25) is 20.4 Å². The van der Waals surface area contributed by atoms with Crippen molar-refractivity contribution in [3.63, 3.8) is 0 Å². The number of benzene rings is 2. The van der Waals surface area contributed by atoms with Crippen LogP contribution in [0, 0.1) is 19.7 Å². The number of carbonyl (C=O) groups excluding carboxylic acids is 2. The Kier molecular flexibility index (Phi) is 6.59. The predicted molar refractivity (Wildman–Crippen MR) is 114 cm³/mol. The molecule has 0 bridgehead atoms. The van der Waals surface area contributed by atoms with Gasteiger partial charge in [-0.1, -0.05) is 23.8 Å². The third-order valence-corrected chi connectivity index (χ3v) is 4.28. The van der Waals surface area contributed by atoms with Crippen LogP contribution in [0.1, 0.15) is 21.5 Å². The van der Waals surface area contributed by atoms with Crippen LogP contribution < -0.4 is 21.5 Å². The zero-order valence-corrected chi connectivity index (χ0v) is 16.6. The summed E-state index contributed by atoms with van der Waals surface area (Å²) >= 11 is 0. The molecular weight excluding hydrogens is 385 g/mol. The van der Waals surface area contributed by atoms with E-state index >= 15 is 0 Å². The van der Waals surface area contributed by atoms with Gasteiger partial charge in [0.2, 0.25) is 0 Å². The highest BCUT2D eigenvalue weighted by molar-refractivity contribution is 6.00. The van der Waals surface area contributed by atoms with Gasteiger partial charge in [0.25, 0.3) is 11.8 Å². The third kappa shape index (κ3) is 5.54. The van der Waals surface area contributed by atoms with Gasteiger partial charge < -0.3 is 10.6 Å².